The molecule has 0 bridgehead atoms. The molecule has 2 aliphatic heterocycles. The number of nitrogens with zero attached hydrogens (tertiary/aromatic N) is 1. The van der Waals surface area contributed by atoms with Gasteiger partial charge in [-0.3, -0.25) is 9.59 Å². The number of rotatable bonds is 8. The average molecular weight is 453 g/mol. The van der Waals surface area contributed by atoms with E-state index in [4.69, 9.17) is 18.9 Å². The van der Waals surface area contributed by atoms with Crippen LogP contribution in [0.15, 0.2) is 48.0 Å². The van der Waals surface area contributed by atoms with Crippen LogP contribution in [0.5, 0.6) is 17.2 Å². The van der Waals surface area contributed by atoms with Crippen LogP contribution in [-0.4, -0.2) is 61.8 Å². The Morgan fingerprint density at radius 3 is 2.48 bits per heavy atom. The predicted octanol–water partition coefficient (Wildman–Crippen LogP) is 3.31. The number of hydrogen-bond acceptors (Lipinski definition) is 7. The number of Topliss-reactive ketones (excluding diaryl/α,β-unsaturated/α-hetero) is 1. The number of aliphatic hydroxyl groups excluding tert-OH is 1. The third-order valence-electron chi connectivity index (χ3n) is 5.56. The second-order valence-electron chi connectivity index (χ2n) is 7.76. The van der Waals surface area contributed by atoms with Crippen LogP contribution in [0.3, 0.4) is 0 Å². The first-order valence-electron chi connectivity index (χ1n) is 10.9. The topological polar surface area (TPSA) is 94.5 Å². The average Bonchev–Trinajstić information content (AvgIpc) is 3.10. The maximum Gasteiger partial charge on any atom is 0.295 e. The molecule has 33 heavy (non-hydrogen) atoms. The molecular weight excluding hydrogens is 426 g/mol. The summed E-state index contributed by atoms with van der Waals surface area (Å²) in [6.07, 6.45) is 0.883. The molecule has 0 saturated carbocycles. The Labute approximate surface area is 192 Å². The van der Waals surface area contributed by atoms with Crippen molar-refractivity contribution in [1.29, 1.82) is 0 Å². The normalized spacial score (nSPS) is 19.1. The molecule has 8 nitrogen and oxygen atoms in total. The van der Waals surface area contributed by atoms with Gasteiger partial charge in [0.05, 0.1) is 24.8 Å². The number of methoxy groups -OCH3 is 1. The number of aliphatic hydroxyl groups is 1. The fourth-order valence-corrected chi connectivity index (χ4v) is 3.96. The zero-order chi connectivity index (χ0) is 23.4. The summed E-state index contributed by atoms with van der Waals surface area (Å²) in [6, 6.07) is 11.4. The highest BCUT2D eigenvalue weighted by Crippen LogP contribution is 2.41. The molecule has 4 rings (SSSR count). The highest BCUT2D eigenvalue weighted by molar-refractivity contribution is 6.46. The van der Waals surface area contributed by atoms with E-state index in [1.54, 1.807) is 42.5 Å². The van der Waals surface area contributed by atoms with Crippen molar-refractivity contribution in [2.75, 3.05) is 40.1 Å². The van der Waals surface area contributed by atoms with E-state index in [0.29, 0.717) is 48.2 Å². The van der Waals surface area contributed by atoms with Gasteiger partial charge in [0.15, 0.2) is 11.5 Å². The van der Waals surface area contributed by atoms with E-state index in [0.717, 1.165) is 6.42 Å². The Bertz CT molecular complexity index is 1060. The van der Waals surface area contributed by atoms with Crippen molar-refractivity contribution in [2.45, 2.75) is 19.4 Å². The minimum Gasteiger partial charge on any atom is -0.507 e. The molecule has 1 atom stereocenters. The van der Waals surface area contributed by atoms with E-state index in [2.05, 4.69) is 0 Å². The second-order valence-corrected chi connectivity index (χ2v) is 7.76. The molecule has 1 amide bonds. The quantitative estimate of drug-likeness (QED) is 0.372. The van der Waals surface area contributed by atoms with E-state index in [-0.39, 0.29) is 24.5 Å². The highest BCUT2D eigenvalue weighted by Gasteiger charge is 2.46. The Morgan fingerprint density at radius 2 is 1.79 bits per heavy atom. The van der Waals surface area contributed by atoms with Crippen molar-refractivity contribution in [3.8, 4) is 17.2 Å². The molecule has 2 aliphatic rings. The predicted molar refractivity (Wildman–Crippen MR) is 121 cm³/mol. The number of benzene rings is 2. The Morgan fingerprint density at radius 1 is 1.06 bits per heavy atom. The lowest BCUT2D eigenvalue weighted by molar-refractivity contribution is -0.140. The smallest absolute Gasteiger partial charge is 0.295 e. The molecule has 1 unspecified atom stereocenters. The van der Waals surface area contributed by atoms with Crippen LogP contribution in [0.4, 0.5) is 0 Å². The largest absolute Gasteiger partial charge is 0.507 e. The van der Waals surface area contributed by atoms with Gasteiger partial charge in [-0.05, 0) is 42.3 Å². The minimum absolute atomic E-state index is 0.0232. The first kappa shape index (κ1) is 22.7. The van der Waals surface area contributed by atoms with Gasteiger partial charge < -0.3 is 29.0 Å². The fraction of sp³-hybridized carbons (Fsp3) is 0.360. The number of likely N-dealkylation sites (tertiary alicyclic amines) is 1. The molecular formula is C25H27NO7. The van der Waals surface area contributed by atoms with Crippen molar-refractivity contribution < 1.29 is 33.6 Å². The first-order valence-corrected chi connectivity index (χ1v) is 10.9. The molecule has 2 heterocycles. The highest BCUT2D eigenvalue weighted by atomic mass is 16.6. The van der Waals surface area contributed by atoms with Crippen molar-refractivity contribution in [1.82, 2.24) is 4.90 Å². The number of ether oxygens (including phenoxy) is 4. The van der Waals surface area contributed by atoms with Gasteiger partial charge in [0.2, 0.25) is 0 Å². The summed E-state index contributed by atoms with van der Waals surface area (Å²) in [7, 11) is 1.53. The monoisotopic (exact) mass is 453 g/mol. The first-order chi connectivity index (χ1) is 16.0. The zero-order valence-corrected chi connectivity index (χ0v) is 18.7. The molecule has 1 N–H and O–H groups in total. The van der Waals surface area contributed by atoms with Crippen LogP contribution < -0.4 is 14.2 Å². The molecule has 0 aromatic heterocycles. The summed E-state index contributed by atoms with van der Waals surface area (Å²) in [5.74, 6) is 0.0607. The Balaban J connectivity index is 1.76. The third kappa shape index (κ3) is 4.52. The summed E-state index contributed by atoms with van der Waals surface area (Å²) >= 11 is 0. The summed E-state index contributed by atoms with van der Waals surface area (Å²) in [5.41, 5.74) is 1.08. The number of carbonyl (C=O) groups is 2. The Kier molecular flexibility index (Phi) is 6.84. The molecule has 0 radical (unpaired) electrons. The van der Waals surface area contributed by atoms with Gasteiger partial charge in [-0.1, -0.05) is 19.1 Å². The summed E-state index contributed by atoms with van der Waals surface area (Å²) in [5, 5.41) is 11.2. The molecule has 174 valence electrons. The van der Waals surface area contributed by atoms with Gasteiger partial charge >= 0.3 is 0 Å². The van der Waals surface area contributed by atoms with E-state index < -0.39 is 17.7 Å². The molecule has 0 aliphatic carbocycles. The minimum atomic E-state index is -0.756. The van der Waals surface area contributed by atoms with Gasteiger partial charge in [-0.25, -0.2) is 0 Å². The fourth-order valence-electron chi connectivity index (χ4n) is 3.96. The summed E-state index contributed by atoms with van der Waals surface area (Å²) in [6.45, 7) is 3.92. The molecule has 1 saturated heterocycles. The van der Waals surface area contributed by atoms with Crippen LogP contribution in [0.2, 0.25) is 0 Å². The lowest BCUT2D eigenvalue weighted by Crippen LogP contribution is -2.32. The van der Waals surface area contributed by atoms with Crippen molar-refractivity contribution >= 4 is 17.4 Å². The lowest BCUT2D eigenvalue weighted by atomic mass is 9.95. The number of ketones is 1. The van der Waals surface area contributed by atoms with Gasteiger partial charge in [0, 0.05) is 19.2 Å². The lowest BCUT2D eigenvalue weighted by Gasteiger charge is -2.25. The molecule has 1 fully saturated rings. The van der Waals surface area contributed by atoms with Gasteiger partial charge in [0.1, 0.15) is 24.7 Å². The van der Waals surface area contributed by atoms with Crippen LogP contribution >= 0.6 is 0 Å². The number of fused-ring (bicyclic) bond motifs is 1. The van der Waals surface area contributed by atoms with Crippen LogP contribution in [0, 0.1) is 0 Å². The molecule has 0 spiro atoms. The molecule has 8 heteroatoms. The van der Waals surface area contributed by atoms with Gasteiger partial charge in [-0.2, -0.15) is 0 Å². The second kappa shape index (κ2) is 9.95. The van der Waals surface area contributed by atoms with Gasteiger partial charge in [-0.15, -0.1) is 0 Å². The number of hydrogen-bond donors (Lipinski definition) is 1. The standard InChI is InChI=1S/C25H27NO7/c1-3-11-31-18-7-4-16(5-8-18)22-21(24(28)25(29)26(22)10-12-30-2)23(27)17-6-9-19-20(15-17)33-14-13-32-19/h4-9,15,22,27H,3,10-14H2,1-2H3/b23-21-. The van der Waals surface area contributed by atoms with Crippen LogP contribution in [-0.2, 0) is 14.3 Å². The summed E-state index contributed by atoms with van der Waals surface area (Å²) < 4.78 is 21.9. The molecule has 2 aromatic rings. The number of carbonyl (C=O) groups excluding carboxylic acids is 2. The third-order valence-corrected chi connectivity index (χ3v) is 5.56. The Hall–Kier alpha value is -3.52. The van der Waals surface area contributed by atoms with E-state index in [9.17, 15) is 14.7 Å². The van der Waals surface area contributed by atoms with Crippen molar-refractivity contribution in [3.05, 3.63) is 59.2 Å². The SMILES string of the molecule is CCCOc1ccc(C2/C(=C(/O)c3ccc4c(c3)OCCO4)C(=O)C(=O)N2CCOC)cc1. The van der Waals surface area contributed by atoms with E-state index >= 15 is 0 Å². The van der Waals surface area contributed by atoms with Gasteiger partial charge in [0.25, 0.3) is 11.7 Å². The van der Waals surface area contributed by atoms with Crippen LogP contribution in [0.1, 0.15) is 30.5 Å². The zero-order valence-electron chi connectivity index (χ0n) is 18.7. The van der Waals surface area contributed by atoms with E-state index in [1.165, 1.54) is 12.0 Å². The van der Waals surface area contributed by atoms with Crippen molar-refractivity contribution in [3.63, 3.8) is 0 Å². The summed E-state index contributed by atoms with van der Waals surface area (Å²) in [4.78, 5) is 27.4. The van der Waals surface area contributed by atoms with E-state index in [1.807, 2.05) is 6.92 Å². The number of amides is 1. The maximum absolute atomic E-state index is 13.0. The maximum atomic E-state index is 13.0. The molecule has 2 aromatic carbocycles. The van der Waals surface area contributed by atoms with Crippen molar-refractivity contribution in [2.24, 2.45) is 0 Å². The van der Waals surface area contributed by atoms with Crippen LogP contribution in [0.25, 0.3) is 5.76 Å².